The zero-order valence-corrected chi connectivity index (χ0v) is 12.9. The van der Waals surface area contributed by atoms with Gasteiger partial charge in [-0.25, -0.2) is 4.98 Å². The van der Waals surface area contributed by atoms with Crippen LogP contribution in [0.3, 0.4) is 0 Å². The van der Waals surface area contributed by atoms with Gasteiger partial charge in [0, 0.05) is 30.9 Å². The van der Waals surface area contributed by atoms with Gasteiger partial charge in [-0.2, -0.15) is 0 Å². The lowest BCUT2D eigenvalue weighted by molar-refractivity contribution is 0.233. The largest absolute Gasteiger partial charge is 0.481 e. The molecule has 1 unspecified atom stereocenters. The highest BCUT2D eigenvalue weighted by Gasteiger charge is 2.25. The molecule has 0 radical (unpaired) electrons. The summed E-state index contributed by atoms with van der Waals surface area (Å²) in [5.41, 5.74) is 1.19. The van der Waals surface area contributed by atoms with Crippen molar-refractivity contribution in [3.63, 3.8) is 0 Å². The molecule has 0 aliphatic carbocycles. The standard InChI is InChI=1S/C16H27N3O/c1-13(2)10-17-11-15-7-5-9-19(15)12-14-6-4-8-18-16(14)20-3/h4,6,8,13,15,17H,5,7,9-12H2,1-3H3. The van der Waals surface area contributed by atoms with Crippen LogP contribution in [0.4, 0.5) is 0 Å². The maximum absolute atomic E-state index is 5.35. The van der Waals surface area contributed by atoms with Gasteiger partial charge in [-0.15, -0.1) is 0 Å². The van der Waals surface area contributed by atoms with Crippen molar-refractivity contribution < 1.29 is 4.74 Å². The van der Waals surface area contributed by atoms with Crippen LogP contribution in [0.5, 0.6) is 5.88 Å². The molecule has 0 amide bonds. The van der Waals surface area contributed by atoms with E-state index in [9.17, 15) is 0 Å². The summed E-state index contributed by atoms with van der Waals surface area (Å²) in [5, 5.41) is 3.58. The summed E-state index contributed by atoms with van der Waals surface area (Å²) < 4.78 is 5.35. The number of nitrogens with zero attached hydrogens (tertiary/aromatic N) is 2. The van der Waals surface area contributed by atoms with Gasteiger partial charge in [0.15, 0.2) is 0 Å². The van der Waals surface area contributed by atoms with Crippen LogP contribution in [0.25, 0.3) is 0 Å². The second-order valence-corrected chi connectivity index (χ2v) is 5.99. The van der Waals surface area contributed by atoms with E-state index >= 15 is 0 Å². The Morgan fingerprint density at radius 3 is 3.10 bits per heavy atom. The molecular weight excluding hydrogens is 250 g/mol. The van der Waals surface area contributed by atoms with Crippen LogP contribution < -0.4 is 10.1 Å². The van der Waals surface area contributed by atoms with E-state index in [-0.39, 0.29) is 0 Å². The molecule has 1 atom stereocenters. The number of nitrogens with one attached hydrogen (secondary N) is 1. The highest BCUT2D eigenvalue weighted by atomic mass is 16.5. The third-order valence-corrected chi connectivity index (χ3v) is 3.85. The number of pyridine rings is 1. The topological polar surface area (TPSA) is 37.4 Å². The maximum atomic E-state index is 5.35. The molecule has 2 rings (SSSR count). The van der Waals surface area contributed by atoms with Crippen molar-refractivity contribution in [2.75, 3.05) is 26.7 Å². The summed E-state index contributed by atoms with van der Waals surface area (Å²) in [6.07, 6.45) is 4.36. The predicted molar refractivity (Wildman–Crippen MR) is 81.9 cm³/mol. The van der Waals surface area contributed by atoms with Crippen LogP contribution in [0.2, 0.25) is 0 Å². The summed E-state index contributed by atoms with van der Waals surface area (Å²) in [4.78, 5) is 6.83. The fraction of sp³-hybridized carbons (Fsp3) is 0.688. The lowest BCUT2D eigenvalue weighted by Crippen LogP contribution is -2.38. The Morgan fingerprint density at radius 1 is 1.50 bits per heavy atom. The van der Waals surface area contributed by atoms with Gasteiger partial charge >= 0.3 is 0 Å². The molecule has 2 heterocycles. The van der Waals surface area contributed by atoms with Gasteiger partial charge in [0.1, 0.15) is 0 Å². The third-order valence-electron chi connectivity index (χ3n) is 3.85. The Hall–Kier alpha value is -1.13. The Labute approximate surface area is 122 Å². The number of methoxy groups -OCH3 is 1. The van der Waals surface area contributed by atoms with Crippen molar-refractivity contribution in [2.24, 2.45) is 5.92 Å². The van der Waals surface area contributed by atoms with Crippen LogP contribution in [-0.4, -0.2) is 42.7 Å². The smallest absolute Gasteiger partial charge is 0.217 e. The Balaban J connectivity index is 1.90. The van der Waals surface area contributed by atoms with Crippen LogP contribution in [0, 0.1) is 5.92 Å². The van der Waals surface area contributed by atoms with E-state index in [0.717, 1.165) is 25.5 Å². The van der Waals surface area contributed by atoms with Gasteiger partial charge in [0.05, 0.1) is 7.11 Å². The monoisotopic (exact) mass is 277 g/mol. The number of hydrogen-bond donors (Lipinski definition) is 1. The lowest BCUT2D eigenvalue weighted by Gasteiger charge is -2.25. The van der Waals surface area contributed by atoms with Crippen LogP contribution >= 0.6 is 0 Å². The minimum absolute atomic E-state index is 0.638. The van der Waals surface area contributed by atoms with Gasteiger partial charge in [0.2, 0.25) is 5.88 Å². The molecule has 0 bridgehead atoms. The van der Waals surface area contributed by atoms with Gasteiger partial charge in [-0.1, -0.05) is 19.9 Å². The predicted octanol–water partition coefficient (Wildman–Crippen LogP) is 2.30. The number of ether oxygens (including phenoxy) is 1. The molecular formula is C16H27N3O. The van der Waals surface area contributed by atoms with E-state index in [1.54, 1.807) is 13.3 Å². The summed E-state index contributed by atoms with van der Waals surface area (Å²) in [6.45, 7) is 8.79. The van der Waals surface area contributed by atoms with E-state index in [1.807, 2.05) is 6.07 Å². The second-order valence-electron chi connectivity index (χ2n) is 5.99. The molecule has 1 aromatic heterocycles. The quantitative estimate of drug-likeness (QED) is 0.830. The Kier molecular flexibility index (Phi) is 5.80. The average molecular weight is 277 g/mol. The van der Waals surface area contributed by atoms with E-state index in [2.05, 4.69) is 35.1 Å². The van der Waals surface area contributed by atoms with Gasteiger partial charge in [0.25, 0.3) is 0 Å². The van der Waals surface area contributed by atoms with Crippen LogP contribution in [0.1, 0.15) is 32.3 Å². The van der Waals surface area contributed by atoms with E-state index in [4.69, 9.17) is 4.74 Å². The minimum Gasteiger partial charge on any atom is -0.481 e. The SMILES string of the molecule is COc1ncccc1CN1CCCC1CNCC(C)C. The van der Waals surface area contributed by atoms with E-state index in [1.165, 1.54) is 24.9 Å². The fourth-order valence-corrected chi connectivity index (χ4v) is 2.82. The van der Waals surface area contributed by atoms with Gasteiger partial charge in [-0.3, -0.25) is 4.90 Å². The summed E-state index contributed by atoms with van der Waals surface area (Å²) in [6, 6.07) is 4.74. The first-order chi connectivity index (χ1) is 9.70. The third kappa shape index (κ3) is 4.18. The summed E-state index contributed by atoms with van der Waals surface area (Å²) >= 11 is 0. The molecule has 4 nitrogen and oxygen atoms in total. The van der Waals surface area contributed by atoms with Crippen molar-refractivity contribution in [3.8, 4) is 5.88 Å². The molecule has 1 N–H and O–H groups in total. The Morgan fingerprint density at radius 2 is 2.35 bits per heavy atom. The van der Waals surface area contributed by atoms with Crippen LogP contribution in [0.15, 0.2) is 18.3 Å². The molecule has 4 heteroatoms. The first-order valence-corrected chi connectivity index (χ1v) is 7.63. The Bertz CT molecular complexity index is 408. The van der Waals surface area contributed by atoms with E-state index < -0.39 is 0 Å². The van der Waals surface area contributed by atoms with Crippen LogP contribution in [-0.2, 0) is 6.54 Å². The summed E-state index contributed by atoms with van der Waals surface area (Å²) in [5.74, 6) is 1.47. The molecule has 1 aliphatic heterocycles. The molecule has 0 saturated carbocycles. The highest BCUT2D eigenvalue weighted by Crippen LogP contribution is 2.23. The molecule has 20 heavy (non-hydrogen) atoms. The van der Waals surface area contributed by atoms with Crippen molar-refractivity contribution in [1.82, 2.24) is 15.2 Å². The second kappa shape index (κ2) is 7.60. The lowest BCUT2D eigenvalue weighted by atomic mass is 10.2. The number of aromatic nitrogens is 1. The normalized spacial score (nSPS) is 19.7. The number of hydrogen-bond acceptors (Lipinski definition) is 4. The van der Waals surface area contributed by atoms with Crippen molar-refractivity contribution in [1.29, 1.82) is 0 Å². The molecule has 1 aliphatic rings. The molecule has 112 valence electrons. The number of likely N-dealkylation sites (tertiary alicyclic amines) is 1. The first-order valence-electron chi connectivity index (χ1n) is 7.63. The minimum atomic E-state index is 0.638. The van der Waals surface area contributed by atoms with Gasteiger partial charge < -0.3 is 10.1 Å². The number of rotatable bonds is 7. The van der Waals surface area contributed by atoms with Crippen molar-refractivity contribution in [3.05, 3.63) is 23.9 Å². The molecule has 1 saturated heterocycles. The molecule has 1 fully saturated rings. The first kappa shape index (κ1) is 15.3. The van der Waals surface area contributed by atoms with Gasteiger partial charge in [-0.05, 0) is 37.9 Å². The molecule has 1 aromatic rings. The molecule has 0 spiro atoms. The average Bonchev–Trinajstić information content (AvgIpc) is 2.86. The van der Waals surface area contributed by atoms with E-state index in [0.29, 0.717) is 12.0 Å². The molecule has 0 aromatic carbocycles. The van der Waals surface area contributed by atoms with Crippen molar-refractivity contribution in [2.45, 2.75) is 39.3 Å². The summed E-state index contributed by atoms with van der Waals surface area (Å²) in [7, 11) is 1.69. The highest BCUT2D eigenvalue weighted by molar-refractivity contribution is 5.25. The zero-order chi connectivity index (χ0) is 14.4. The zero-order valence-electron chi connectivity index (χ0n) is 12.9. The maximum Gasteiger partial charge on any atom is 0.217 e. The van der Waals surface area contributed by atoms with Crippen molar-refractivity contribution >= 4 is 0 Å². The fourth-order valence-electron chi connectivity index (χ4n) is 2.82.